The lowest BCUT2D eigenvalue weighted by Gasteiger charge is -2.16. The third-order valence-corrected chi connectivity index (χ3v) is 5.92. The van der Waals surface area contributed by atoms with Crippen LogP contribution in [-0.2, 0) is 22.7 Å². The molecule has 0 radical (unpaired) electrons. The molecule has 4 rings (SSSR count). The summed E-state index contributed by atoms with van der Waals surface area (Å²) in [6, 6.07) is 33.0. The van der Waals surface area contributed by atoms with Crippen LogP contribution >= 0.6 is 0 Å². The van der Waals surface area contributed by atoms with Crippen molar-refractivity contribution in [3.63, 3.8) is 0 Å². The molecule has 194 valence electrons. The molecule has 4 aromatic carbocycles. The summed E-state index contributed by atoms with van der Waals surface area (Å²) in [5, 5.41) is 0. The van der Waals surface area contributed by atoms with Gasteiger partial charge in [-0.2, -0.15) is 5.48 Å². The van der Waals surface area contributed by atoms with Crippen molar-refractivity contribution in [1.29, 1.82) is 0 Å². The fraction of sp³-hybridized carbons (Fsp3) is 0.188. The molecule has 0 saturated carbocycles. The van der Waals surface area contributed by atoms with Gasteiger partial charge in [-0.1, -0.05) is 85.8 Å². The van der Waals surface area contributed by atoms with Crippen LogP contribution in [0.25, 0.3) is 11.1 Å². The van der Waals surface area contributed by atoms with E-state index in [1.807, 2.05) is 78.9 Å². The first-order valence-corrected chi connectivity index (χ1v) is 12.7. The van der Waals surface area contributed by atoms with Crippen LogP contribution in [0.5, 0.6) is 11.5 Å². The van der Waals surface area contributed by atoms with Crippen LogP contribution in [0.3, 0.4) is 0 Å². The highest BCUT2D eigenvalue weighted by Gasteiger charge is 2.19. The molecule has 0 fully saturated rings. The quantitative estimate of drug-likeness (QED) is 0.184. The first kappa shape index (κ1) is 26.5. The lowest BCUT2D eigenvalue weighted by molar-refractivity contribution is -0.148. The average Bonchev–Trinajstić information content (AvgIpc) is 2.98. The maximum atomic E-state index is 13.0. The molecule has 0 atom stereocenters. The van der Waals surface area contributed by atoms with Crippen LogP contribution in [0.2, 0.25) is 0 Å². The second-order valence-corrected chi connectivity index (χ2v) is 8.67. The van der Waals surface area contributed by atoms with Gasteiger partial charge in [-0.15, -0.1) is 0 Å². The number of amides is 1. The second-order valence-electron chi connectivity index (χ2n) is 8.67. The molecule has 6 nitrogen and oxygen atoms in total. The first-order valence-electron chi connectivity index (χ1n) is 12.7. The van der Waals surface area contributed by atoms with E-state index in [1.54, 1.807) is 19.1 Å². The van der Waals surface area contributed by atoms with Crippen LogP contribution in [0.4, 0.5) is 0 Å². The number of rotatable bonds is 11. The highest BCUT2D eigenvalue weighted by atomic mass is 16.7. The molecule has 0 aromatic heterocycles. The zero-order valence-corrected chi connectivity index (χ0v) is 21.4. The number of nitrogens with one attached hydrogen (secondary N) is 1. The van der Waals surface area contributed by atoms with Crippen LogP contribution in [-0.4, -0.2) is 18.5 Å². The number of aryl methyl sites for hydroxylation is 1. The molecule has 0 saturated heterocycles. The van der Waals surface area contributed by atoms with E-state index in [0.717, 1.165) is 24.0 Å². The third-order valence-electron chi connectivity index (χ3n) is 5.92. The summed E-state index contributed by atoms with van der Waals surface area (Å²) < 4.78 is 12.1. The van der Waals surface area contributed by atoms with Crippen molar-refractivity contribution in [3.05, 3.63) is 120 Å². The Kier molecular flexibility index (Phi) is 9.51. The minimum atomic E-state index is -0.527. The van der Waals surface area contributed by atoms with Crippen molar-refractivity contribution in [2.45, 2.75) is 32.8 Å². The molecule has 0 heterocycles. The van der Waals surface area contributed by atoms with Gasteiger partial charge in [0.05, 0.1) is 12.2 Å². The van der Waals surface area contributed by atoms with Crippen molar-refractivity contribution in [2.75, 3.05) is 6.61 Å². The van der Waals surface area contributed by atoms with Gasteiger partial charge >= 0.3 is 5.97 Å². The summed E-state index contributed by atoms with van der Waals surface area (Å²) in [7, 11) is 0. The molecular weight excluding hydrogens is 478 g/mol. The predicted molar refractivity (Wildman–Crippen MR) is 147 cm³/mol. The van der Waals surface area contributed by atoms with Crippen LogP contribution < -0.4 is 15.0 Å². The summed E-state index contributed by atoms with van der Waals surface area (Å²) in [6.07, 6.45) is 1.86. The van der Waals surface area contributed by atoms with Crippen molar-refractivity contribution in [3.8, 4) is 22.6 Å². The summed E-state index contributed by atoms with van der Waals surface area (Å²) in [4.78, 5) is 29.5. The van der Waals surface area contributed by atoms with E-state index >= 15 is 0 Å². The molecule has 0 aliphatic heterocycles. The van der Waals surface area contributed by atoms with Gasteiger partial charge in [-0.3, -0.25) is 4.79 Å². The standard InChI is InChI=1S/C32H31NO5/c1-2-30(34)38-33-32(35)28-16-9-17-29(36-22-10-15-24-11-5-3-6-12-24)31(28)26-18-20-27(21-19-26)37-23-25-13-7-4-8-14-25/h3-9,11-14,16-21H,2,10,15,22-23H2,1H3,(H,33,35). The molecule has 0 unspecified atom stereocenters. The SMILES string of the molecule is CCC(=O)ONC(=O)c1cccc(OCCCc2ccccc2)c1-c1ccc(OCc2ccccc2)cc1. The molecule has 0 aliphatic rings. The Morgan fingerprint density at radius 2 is 1.42 bits per heavy atom. The Morgan fingerprint density at radius 3 is 2.11 bits per heavy atom. The van der Waals surface area contributed by atoms with E-state index in [4.69, 9.17) is 14.3 Å². The zero-order chi connectivity index (χ0) is 26.6. The monoisotopic (exact) mass is 509 g/mol. The maximum Gasteiger partial charge on any atom is 0.331 e. The minimum absolute atomic E-state index is 0.155. The van der Waals surface area contributed by atoms with Crippen LogP contribution in [0.1, 0.15) is 41.3 Å². The lowest BCUT2D eigenvalue weighted by Crippen LogP contribution is -2.27. The summed E-state index contributed by atoms with van der Waals surface area (Å²) in [6.45, 7) is 2.60. The molecule has 4 aromatic rings. The normalized spacial score (nSPS) is 10.4. The third kappa shape index (κ3) is 7.46. The van der Waals surface area contributed by atoms with Gasteiger partial charge in [0, 0.05) is 12.0 Å². The molecule has 1 amide bonds. The van der Waals surface area contributed by atoms with Crippen LogP contribution in [0, 0.1) is 0 Å². The van der Waals surface area contributed by atoms with Crippen molar-refractivity contribution in [1.82, 2.24) is 5.48 Å². The average molecular weight is 510 g/mol. The molecular formula is C32H31NO5. The zero-order valence-electron chi connectivity index (χ0n) is 21.4. The van der Waals surface area contributed by atoms with E-state index in [2.05, 4.69) is 17.6 Å². The Balaban J connectivity index is 1.52. The topological polar surface area (TPSA) is 73.9 Å². The van der Waals surface area contributed by atoms with Crippen molar-refractivity contribution in [2.24, 2.45) is 0 Å². The summed E-state index contributed by atoms with van der Waals surface area (Å²) in [5.74, 6) is 0.237. The smallest absolute Gasteiger partial charge is 0.331 e. The Labute approximate surface area is 223 Å². The number of hydrogen-bond donors (Lipinski definition) is 1. The highest BCUT2D eigenvalue weighted by Crippen LogP contribution is 2.35. The van der Waals surface area contributed by atoms with E-state index in [1.165, 1.54) is 5.56 Å². The van der Waals surface area contributed by atoms with E-state index in [0.29, 0.717) is 35.8 Å². The summed E-state index contributed by atoms with van der Waals surface area (Å²) in [5.41, 5.74) is 6.31. The van der Waals surface area contributed by atoms with Gasteiger partial charge in [0.15, 0.2) is 0 Å². The van der Waals surface area contributed by atoms with Gasteiger partial charge in [0.1, 0.15) is 18.1 Å². The molecule has 0 bridgehead atoms. The van der Waals surface area contributed by atoms with E-state index < -0.39 is 11.9 Å². The Bertz CT molecular complexity index is 1320. The Hall–Kier alpha value is -4.58. The fourth-order valence-electron chi connectivity index (χ4n) is 3.93. The first-order chi connectivity index (χ1) is 18.6. The second kappa shape index (κ2) is 13.7. The summed E-state index contributed by atoms with van der Waals surface area (Å²) >= 11 is 0. The highest BCUT2D eigenvalue weighted by molar-refractivity contribution is 6.02. The van der Waals surface area contributed by atoms with Crippen LogP contribution in [0.15, 0.2) is 103 Å². The van der Waals surface area contributed by atoms with E-state index in [-0.39, 0.29) is 6.42 Å². The van der Waals surface area contributed by atoms with Crippen molar-refractivity contribution < 1.29 is 23.9 Å². The lowest BCUT2D eigenvalue weighted by atomic mass is 9.98. The molecule has 38 heavy (non-hydrogen) atoms. The van der Waals surface area contributed by atoms with Gasteiger partial charge < -0.3 is 14.3 Å². The van der Waals surface area contributed by atoms with Gasteiger partial charge in [0.2, 0.25) is 0 Å². The maximum absolute atomic E-state index is 13.0. The molecule has 0 aliphatic carbocycles. The molecule has 1 N–H and O–H groups in total. The van der Waals surface area contributed by atoms with Gasteiger partial charge in [-0.25, -0.2) is 4.79 Å². The number of hydroxylamine groups is 1. The number of benzene rings is 4. The van der Waals surface area contributed by atoms with Gasteiger partial charge in [-0.05, 0) is 53.8 Å². The van der Waals surface area contributed by atoms with Gasteiger partial charge in [0.25, 0.3) is 5.91 Å². The number of ether oxygens (including phenoxy) is 2. The fourth-order valence-corrected chi connectivity index (χ4v) is 3.93. The predicted octanol–water partition coefficient (Wildman–Crippen LogP) is 6.54. The number of carbonyl (C=O) groups is 2. The molecule has 6 heteroatoms. The largest absolute Gasteiger partial charge is 0.493 e. The Morgan fingerprint density at radius 1 is 0.737 bits per heavy atom. The molecule has 0 spiro atoms. The van der Waals surface area contributed by atoms with E-state index in [9.17, 15) is 9.59 Å². The number of hydrogen-bond acceptors (Lipinski definition) is 5. The minimum Gasteiger partial charge on any atom is -0.493 e. The van der Waals surface area contributed by atoms with Crippen molar-refractivity contribution >= 4 is 11.9 Å². The number of carbonyl (C=O) groups excluding carboxylic acids is 2.